The molecular formula is C11H16Cl3N3O3S. The summed E-state index contributed by atoms with van der Waals surface area (Å²) in [4.78, 5) is 0. The summed E-state index contributed by atoms with van der Waals surface area (Å²) < 4.78 is 30.6. The number of nitrogens with one attached hydrogen (secondary N) is 2. The summed E-state index contributed by atoms with van der Waals surface area (Å²) in [6, 6.07) is 4.54. The first-order chi connectivity index (χ1) is 9.37. The lowest BCUT2D eigenvalue weighted by Gasteiger charge is -2.25. The Morgan fingerprint density at radius 1 is 1.33 bits per heavy atom. The molecule has 1 aliphatic heterocycles. The molecule has 0 unspecified atom stereocenters. The number of rotatable bonds is 3. The van der Waals surface area contributed by atoms with Gasteiger partial charge in [0.1, 0.15) is 6.10 Å². The van der Waals surface area contributed by atoms with Crippen LogP contribution in [0, 0.1) is 0 Å². The van der Waals surface area contributed by atoms with Crippen molar-refractivity contribution < 1.29 is 13.2 Å². The highest BCUT2D eigenvalue weighted by Gasteiger charge is 2.29. The van der Waals surface area contributed by atoms with Crippen LogP contribution in [0.5, 0.6) is 0 Å². The average Bonchev–Trinajstić information content (AvgIpc) is 2.56. The molecule has 1 aliphatic rings. The fourth-order valence-electron chi connectivity index (χ4n) is 2.07. The number of hydrogen-bond acceptors (Lipinski definition) is 4. The lowest BCUT2D eigenvalue weighted by Crippen LogP contribution is -2.47. The lowest BCUT2D eigenvalue weighted by atomic mass is 10.0. The van der Waals surface area contributed by atoms with Crippen LogP contribution in [0.3, 0.4) is 0 Å². The summed E-state index contributed by atoms with van der Waals surface area (Å²) in [7, 11) is -3.83. The second-order valence-corrected chi connectivity index (χ2v) is 6.58. The Kier molecular flexibility index (Phi) is 7.15. The molecule has 0 bridgehead atoms. The third-order valence-corrected chi connectivity index (χ3v) is 4.26. The number of hydrogen-bond donors (Lipinski definition) is 3. The van der Waals surface area contributed by atoms with E-state index in [1.807, 2.05) is 0 Å². The fraction of sp³-hybridized carbons (Fsp3) is 0.455. The smallest absolute Gasteiger partial charge is 0.274 e. The van der Waals surface area contributed by atoms with E-state index in [0.29, 0.717) is 29.7 Å². The summed E-state index contributed by atoms with van der Waals surface area (Å²) in [5, 5.41) is 8.94. The highest BCUT2D eigenvalue weighted by Crippen LogP contribution is 2.29. The molecule has 1 aromatic rings. The molecule has 2 atom stereocenters. The van der Waals surface area contributed by atoms with Crippen LogP contribution in [0.2, 0.25) is 10.0 Å². The van der Waals surface area contributed by atoms with Gasteiger partial charge in [-0.25, -0.2) is 5.14 Å². The highest BCUT2D eigenvalue weighted by molar-refractivity contribution is 7.87. The summed E-state index contributed by atoms with van der Waals surface area (Å²) >= 11 is 11.9. The van der Waals surface area contributed by atoms with Gasteiger partial charge in [-0.3, -0.25) is 0 Å². The standard InChI is InChI=1S/C11H15Cl2N3O3S.ClH/c12-8-2-1-7(5-9(8)13)11-10(16-20(14,17)18)6-15-3-4-19-11;/h1-2,5,10-11,15-16H,3-4,6H2,(H2,14,17,18);1H/t10-,11+;/m1./s1. The Hall–Kier alpha value is -0.120. The predicted octanol–water partition coefficient (Wildman–Crippen LogP) is 1.24. The van der Waals surface area contributed by atoms with E-state index < -0.39 is 22.4 Å². The Labute approximate surface area is 139 Å². The minimum absolute atomic E-state index is 0. The van der Waals surface area contributed by atoms with Gasteiger partial charge in [0.25, 0.3) is 10.2 Å². The van der Waals surface area contributed by atoms with Gasteiger partial charge in [0.05, 0.1) is 22.7 Å². The Morgan fingerprint density at radius 3 is 2.67 bits per heavy atom. The molecule has 0 saturated carbocycles. The van der Waals surface area contributed by atoms with E-state index >= 15 is 0 Å². The number of halogens is 3. The van der Waals surface area contributed by atoms with Gasteiger partial charge < -0.3 is 10.1 Å². The second-order valence-electron chi connectivity index (χ2n) is 4.44. The SMILES string of the molecule is Cl.NS(=O)(=O)N[C@@H]1CNCCO[C@H]1c1ccc(Cl)c(Cl)c1. The van der Waals surface area contributed by atoms with Crippen LogP contribution >= 0.6 is 35.6 Å². The van der Waals surface area contributed by atoms with E-state index in [0.717, 1.165) is 5.56 Å². The molecule has 1 aromatic carbocycles. The largest absolute Gasteiger partial charge is 0.370 e. The van der Waals surface area contributed by atoms with E-state index in [2.05, 4.69) is 10.0 Å². The van der Waals surface area contributed by atoms with Gasteiger partial charge in [-0.05, 0) is 17.7 Å². The maximum atomic E-state index is 11.2. The van der Waals surface area contributed by atoms with Crippen LogP contribution in [0.1, 0.15) is 11.7 Å². The van der Waals surface area contributed by atoms with Crippen molar-refractivity contribution in [2.75, 3.05) is 19.7 Å². The quantitative estimate of drug-likeness (QED) is 0.740. The topological polar surface area (TPSA) is 93.5 Å². The molecule has 120 valence electrons. The van der Waals surface area contributed by atoms with E-state index in [-0.39, 0.29) is 12.4 Å². The van der Waals surface area contributed by atoms with Gasteiger partial charge in [0.15, 0.2) is 0 Å². The molecule has 0 aliphatic carbocycles. The van der Waals surface area contributed by atoms with Gasteiger partial charge in [0.2, 0.25) is 0 Å². The first kappa shape index (κ1) is 18.9. The summed E-state index contributed by atoms with van der Waals surface area (Å²) in [6.07, 6.45) is -0.488. The van der Waals surface area contributed by atoms with Crippen LogP contribution in [-0.4, -0.2) is 34.2 Å². The number of benzene rings is 1. The monoisotopic (exact) mass is 375 g/mol. The third-order valence-electron chi connectivity index (χ3n) is 2.89. The van der Waals surface area contributed by atoms with E-state index in [4.69, 9.17) is 33.1 Å². The molecular weight excluding hydrogens is 361 g/mol. The van der Waals surface area contributed by atoms with Gasteiger partial charge in [0, 0.05) is 13.1 Å². The van der Waals surface area contributed by atoms with E-state index in [1.54, 1.807) is 18.2 Å². The van der Waals surface area contributed by atoms with Crippen LogP contribution in [0.4, 0.5) is 0 Å². The van der Waals surface area contributed by atoms with Crippen LogP contribution in [0.25, 0.3) is 0 Å². The van der Waals surface area contributed by atoms with Gasteiger partial charge in [-0.2, -0.15) is 13.1 Å². The Morgan fingerprint density at radius 2 is 2.05 bits per heavy atom. The van der Waals surface area contributed by atoms with Crippen molar-refractivity contribution in [2.45, 2.75) is 12.1 Å². The zero-order valence-electron chi connectivity index (χ0n) is 10.9. The fourth-order valence-corrected chi connectivity index (χ4v) is 3.01. The molecule has 0 radical (unpaired) electrons. The van der Waals surface area contributed by atoms with Gasteiger partial charge in [-0.15, -0.1) is 12.4 Å². The normalized spacial score (nSPS) is 23.2. The van der Waals surface area contributed by atoms with Gasteiger partial charge >= 0.3 is 0 Å². The van der Waals surface area contributed by atoms with Crippen molar-refractivity contribution >= 4 is 45.8 Å². The zero-order chi connectivity index (χ0) is 14.8. The lowest BCUT2D eigenvalue weighted by molar-refractivity contribution is 0.0493. The van der Waals surface area contributed by atoms with E-state index in [9.17, 15) is 8.42 Å². The summed E-state index contributed by atoms with van der Waals surface area (Å²) in [5.41, 5.74) is 0.740. The summed E-state index contributed by atoms with van der Waals surface area (Å²) in [6.45, 7) is 1.48. The molecule has 1 saturated heterocycles. The van der Waals surface area contributed by atoms with Crippen LogP contribution < -0.4 is 15.2 Å². The van der Waals surface area contributed by atoms with Crippen molar-refractivity contribution in [2.24, 2.45) is 5.14 Å². The maximum Gasteiger partial charge on any atom is 0.274 e. The molecule has 0 aromatic heterocycles. The molecule has 1 fully saturated rings. The average molecular weight is 377 g/mol. The van der Waals surface area contributed by atoms with Crippen molar-refractivity contribution in [1.29, 1.82) is 0 Å². The van der Waals surface area contributed by atoms with Crippen molar-refractivity contribution in [1.82, 2.24) is 10.0 Å². The van der Waals surface area contributed by atoms with Crippen molar-refractivity contribution in [3.05, 3.63) is 33.8 Å². The molecule has 6 nitrogen and oxygen atoms in total. The number of nitrogens with two attached hydrogens (primary N) is 1. The zero-order valence-corrected chi connectivity index (χ0v) is 14.0. The molecule has 2 rings (SSSR count). The minimum Gasteiger partial charge on any atom is -0.370 e. The number of ether oxygens (including phenoxy) is 1. The molecule has 1 heterocycles. The molecule has 0 spiro atoms. The summed E-state index contributed by atoms with van der Waals surface area (Å²) in [5.74, 6) is 0. The van der Waals surface area contributed by atoms with E-state index in [1.165, 1.54) is 0 Å². The van der Waals surface area contributed by atoms with Crippen LogP contribution in [-0.2, 0) is 14.9 Å². The first-order valence-corrected chi connectivity index (χ1v) is 8.24. The minimum atomic E-state index is -3.83. The van der Waals surface area contributed by atoms with Gasteiger partial charge in [-0.1, -0.05) is 29.3 Å². The third kappa shape index (κ3) is 5.54. The van der Waals surface area contributed by atoms with Crippen molar-refractivity contribution in [3.8, 4) is 0 Å². The highest BCUT2D eigenvalue weighted by atomic mass is 35.5. The molecule has 4 N–H and O–H groups in total. The Bertz CT molecular complexity index is 585. The van der Waals surface area contributed by atoms with Crippen LogP contribution in [0.15, 0.2) is 18.2 Å². The predicted molar refractivity (Wildman–Crippen MR) is 85.3 cm³/mol. The molecule has 0 amide bonds. The Balaban J connectivity index is 0.00000220. The second kappa shape index (κ2) is 7.94. The molecule has 21 heavy (non-hydrogen) atoms. The molecule has 10 heteroatoms. The maximum absolute atomic E-state index is 11.2. The first-order valence-electron chi connectivity index (χ1n) is 5.94. The van der Waals surface area contributed by atoms with Crippen molar-refractivity contribution in [3.63, 3.8) is 0 Å².